The van der Waals surface area contributed by atoms with Crippen molar-refractivity contribution < 1.29 is 4.42 Å². The van der Waals surface area contributed by atoms with Crippen LogP contribution in [0.3, 0.4) is 0 Å². The Morgan fingerprint density at radius 2 is 0.636 bits per heavy atom. The number of hydrogen-bond donors (Lipinski definition) is 0. The molecule has 0 amide bonds. The quantitative estimate of drug-likeness (QED) is 0.129. The second-order valence-electron chi connectivity index (χ2n) is 19.7. The third-order valence-corrected chi connectivity index (χ3v) is 15.0. The minimum atomic E-state index is 0.881. The van der Waals surface area contributed by atoms with Crippen LogP contribution < -0.4 is 9.80 Å². The van der Waals surface area contributed by atoms with Crippen molar-refractivity contribution in [3.63, 3.8) is 0 Å². The van der Waals surface area contributed by atoms with Crippen molar-refractivity contribution in [2.45, 2.75) is 0 Å². The standard InChI is InChI=1S/C74H50N2O/c1-4-18-51(19-5-1)56-25-16-27-63(47-56)75(62-41-36-54(37-42-62)61-40-44-69-70-45-39-55-24-10-11-29-66(55)74(70)77-73(69)50-61)71-32-14-12-30-67(71)68-31-13-15-33-72(68)76(64-28-17-26-57(48-64)52-20-6-2-7-21-52)65-43-38-59-46-58(34-35-60(59)49-65)53-22-8-3-9-23-53/h1-50H. The molecule has 3 heteroatoms. The Balaban J connectivity index is 0.913. The van der Waals surface area contributed by atoms with Gasteiger partial charge in [-0.25, -0.2) is 0 Å². The Kier molecular flexibility index (Phi) is 11.5. The van der Waals surface area contributed by atoms with E-state index >= 15 is 0 Å². The van der Waals surface area contributed by atoms with Gasteiger partial charge in [0.15, 0.2) is 0 Å². The number of rotatable bonds is 11. The molecule has 3 nitrogen and oxygen atoms in total. The Labute approximate surface area is 448 Å². The fourth-order valence-electron chi connectivity index (χ4n) is 11.2. The van der Waals surface area contributed by atoms with Crippen LogP contribution in [0.1, 0.15) is 0 Å². The molecular formula is C74H50N2O. The van der Waals surface area contributed by atoms with Crippen LogP contribution in [-0.4, -0.2) is 0 Å². The summed E-state index contributed by atoms with van der Waals surface area (Å²) >= 11 is 0. The number of fused-ring (bicyclic) bond motifs is 6. The molecule has 0 saturated carbocycles. The van der Waals surface area contributed by atoms with Crippen molar-refractivity contribution in [2.75, 3.05) is 9.80 Å². The van der Waals surface area contributed by atoms with E-state index in [2.05, 4.69) is 313 Å². The molecular weight excluding hydrogens is 933 g/mol. The zero-order valence-corrected chi connectivity index (χ0v) is 42.2. The molecule has 0 unspecified atom stereocenters. The maximum Gasteiger partial charge on any atom is 0.143 e. The SMILES string of the molecule is c1ccc(-c2cccc(N(c3ccc(-c4ccc5c(c4)oc4c6ccccc6ccc54)cc3)c3ccccc3-c3ccccc3N(c3cccc(-c4ccccc4)c3)c3ccc4cc(-c5ccccc5)ccc4c3)c2)cc1. The van der Waals surface area contributed by atoms with E-state index in [9.17, 15) is 0 Å². The maximum atomic E-state index is 6.64. The van der Waals surface area contributed by atoms with E-state index in [4.69, 9.17) is 4.42 Å². The average Bonchev–Trinajstić information content (AvgIpc) is 3.92. The van der Waals surface area contributed by atoms with E-state index < -0.39 is 0 Å². The molecule has 1 aromatic heterocycles. The van der Waals surface area contributed by atoms with E-state index in [1.807, 2.05) is 0 Å². The molecule has 0 atom stereocenters. The van der Waals surface area contributed by atoms with Crippen LogP contribution in [0, 0.1) is 0 Å². The van der Waals surface area contributed by atoms with Gasteiger partial charge in [-0.3, -0.25) is 0 Å². The highest BCUT2D eigenvalue weighted by Gasteiger charge is 2.24. The van der Waals surface area contributed by atoms with Crippen molar-refractivity contribution >= 4 is 77.6 Å². The average molecular weight is 983 g/mol. The van der Waals surface area contributed by atoms with Gasteiger partial charge in [-0.2, -0.15) is 0 Å². The molecule has 0 aliphatic carbocycles. The Bertz CT molecular complexity index is 4450. The zero-order chi connectivity index (χ0) is 51.1. The zero-order valence-electron chi connectivity index (χ0n) is 42.2. The normalized spacial score (nSPS) is 11.4. The van der Waals surface area contributed by atoms with Crippen LogP contribution in [-0.2, 0) is 0 Å². The van der Waals surface area contributed by atoms with Gasteiger partial charge in [-0.05, 0) is 146 Å². The lowest BCUT2D eigenvalue weighted by atomic mass is 9.97. The molecule has 14 rings (SSSR count). The molecule has 362 valence electrons. The lowest BCUT2D eigenvalue weighted by Gasteiger charge is -2.31. The third-order valence-electron chi connectivity index (χ3n) is 15.0. The summed E-state index contributed by atoms with van der Waals surface area (Å²) in [5, 5.41) is 6.91. The minimum Gasteiger partial charge on any atom is -0.455 e. The summed E-state index contributed by atoms with van der Waals surface area (Å²) in [4.78, 5) is 4.84. The first-order valence-electron chi connectivity index (χ1n) is 26.3. The van der Waals surface area contributed by atoms with Gasteiger partial charge in [0.2, 0.25) is 0 Å². The molecule has 0 spiro atoms. The van der Waals surface area contributed by atoms with E-state index in [0.717, 1.165) is 100 Å². The summed E-state index contributed by atoms with van der Waals surface area (Å²) in [7, 11) is 0. The first-order chi connectivity index (χ1) is 38.2. The van der Waals surface area contributed by atoms with E-state index in [-0.39, 0.29) is 0 Å². The highest BCUT2D eigenvalue weighted by atomic mass is 16.3. The molecule has 0 N–H and O–H groups in total. The van der Waals surface area contributed by atoms with E-state index in [1.54, 1.807) is 0 Å². The second kappa shape index (κ2) is 19.6. The first-order valence-corrected chi connectivity index (χ1v) is 26.3. The molecule has 0 radical (unpaired) electrons. The predicted octanol–water partition coefficient (Wildman–Crippen LogP) is 21.2. The number of benzene rings is 13. The summed E-state index contributed by atoms with van der Waals surface area (Å²) < 4.78 is 6.64. The summed E-state index contributed by atoms with van der Waals surface area (Å²) in [6, 6.07) is 110. The summed E-state index contributed by atoms with van der Waals surface area (Å²) in [5.74, 6) is 0. The number of anilines is 6. The molecule has 0 fully saturated rings. The van der Waals surface area contributed by atoms with E-state index in [0.29, 0.717) is 0 Å². The topological polar surface area (TPSA) is 19.6 Å². The lowest BCUT2D eigenvalue weighted by molar-refractivity contribution is 0.673. The van der Waals surface area contributed by atoms with Gasteiger partial charge in [0.1, 0.15) is 11.2 Å². The van der Waals surface area contributed by atoms with Crippen molar-refractivity contribution in [2.24, 2.45) is 0 Å². The fraction of sp³-hybridized carbons (Fsp3) is 0. The fourth-order valence-corrected chi connectivity index (χ4v) is 11.2. The minimum absolute atomic E-state index is 0.881. The van der Waals surface area contributed by atoms with Gasteiger partial charge in [-0.1, -0.05) is 218 Å². The summed E-state index contributed by atoms with van der Waals surface area (Å²) in [6.07, 6.45) is 0. The smallest absolute Gasteiger partial charge is 0.143 e. The van der Waals surface area contributed by atoms with Crippen molar-refractivity contribution in [1.29, 1.82) is 0 Å². The third kappa shape index (κ3) is 8.56. The van der Waals surface area contributed by atoms with Gasteiger partial charge in [0.05, 0.1) is 11.4 Å². The van der Waals surface area contributed by atoms with Crippen LogP contribution >= 0.6 is 0 Å². The van der Waals surface area contributed by atoms with Gasteiger partial charge < -0.3 is 14.2 Å². The summed E-state index contributed by atoms with van der Waals surface area (Å²) in [6.45, 7) is 0. The molecule has 0 aliphatic rings. The molecule has 0 saturated heterocycles. The van der Waals surface area contributed by atoms with Crippen LogP contribution in [0.4, 0.5) is 34.1 Å². The molecule has 13 aromatic carbocycles. The van der Waals surface area contributed by atoms with Crippen molar-refractivity contribution in [3.05, 3.63) is 303 Å². The Morgan fingerprint density at radius 1 is 0.221 bits per heavy atom. The Hall–Kier alpha value is -10.2. The largest absolute Gasteiger partial charge is 0.455 e. The molecule has 1 heterocycles. The number of nitrogens with zero attached hydrogens (tertiary/aromatic N) is 2. The first kappa shape index (κ1) is 45.4. The van der Waals surface area contributed by atoms with Crippen LogP contribution in [0.2, 0.25) is 0 Å². The van der Waals surface area contributed by atoms with Gasteiger partial charge in [-0.15, -0.1) is 0 Å². The van der Waals surface area contributed by atoms with Crippen LogP contribution in [0.25, 0.3) is 99.1 Å². The Morgan fingerprint density at radius 3 is 1.27 bits per heavy atom. The second-order valence-corrected chi connectivity index (χ2v) is 19.7. The highest BCUT2D eigenvalue weighted by molar-refractivity contribution is 6.15. The number of para-hydroxylation sites is 2. The molecule has 0 aliphatic heterocycles. The van der Waals surface area contributed by atoms with Crippen molar-refractivity contribution in [3.8, 4) is 55.6 Å². The maximum absolute atomic E-state index is 6.64. The number of hydrogen-bond acceptors (Lipinski definition) is 3. The lowest BCUT2D eigenvalue weighted by Crippen LogP contribution is -2.14. The molecule has 77 heavy (non-hydrogen) atoms. The van der Waals surface area contributed by atoms with E-state index in [1.165, 1.54) is 32.8 Å². The monoisotopic (exact) mass is 982 g/mol. The number of furan rings is 1. The molecule has 14 aromatic rings. The molecule has 0 bridgehead atoms. The van der Waals surface area contributed by atoms with Gasteiger partial charge >= 0.3 is 0 Å². The van der Waals surface area contributed by atoms with Gasteiger partial charge in [0.25, 0.3) is 0 Å². The predicted molar refractivity (Wildman–Crippen MR) is 325 cm³/mol. The summed E-state index contributed by atoms with van der Waals surface area (Å²) in [5.41, 5.74) is 19.6. The van der Waals surface area contributed by atoms with Gasteiger partial charge in [0, 0.05) is 50.0 Å². The van der Waals surface area contributed by atoms with Crippen LogP contribution in [0.5, 0.6) is 0 Å². The highest BCUT2D eigenvalue weighted by Crippen LogP contribution is 2.48. The van der Waals surface area contributed by atoms with Crippen molar-refractivity contribution in [1.82, 2.24) is 0 Å². The van der Waals surface area contributed by atoms with Crippen LogP contribution in [0.15, 0.2) is 308 Å².